The topological polar surface area (TPSA) is 29.5 Å². The van der Waals surface area contributed by atoms with Gasteiger partial charge < -0.3 is 9.84 Å². The first-order valence-electron chi connectivity index (χ1n) is 7.27. The van der Waals surface area contributed by atoms with E-state index in [-0.39, 0.29) is 6.10 Å². The van der Waals surface area contributed by atoms with Crippen LogP contribution in [0.4, 0.5) is 0 Å². The van der Waals surface area contributed by atoms with Crippen LogP contribution < -0.4 is 4.74 Å². The van der Waals surface area contributed by atoms with Crippen LogP contribution in [0.2, 0.25) is 0 Å². The van der Waals surface area contributed by atoms with Crippen molar-refractivity contribution in [2.24, 2.45) is 0 Å². The van der Waals surface area contributed by atoms with Crippen molar-refractivity contribution in [3.05, 3.63) is 29.3 Å². The van der Waals surface area contributed by atoms with Crippen LogP contribution in [0, 0.1) is 0 Å². The first kappa shape index (κ1) is 12.0. The summed E-state index contributed by atoms with van der Waals surface area (Å²) in [6, 6.07) is 6.54. The number of aliphatic hydroxyl groups excluding tert-OH is 1. The van der Waals surface area contributed by atoms with Gasteiger partial charge in [-0.05, 0) is 49.1 Å². The summed E-state index contributed by atoms with van der Waals surface area (Å²) in [4.78, 5) is 0. The van der Waals surface area contributed by atoms with Gasteiger partial charge in [0, 0.05) is 0 Å². The van der Waals surface area contributed by atoms with Crippen LogP contribution in [0.3, 0.4) is 0 Å². The molecule has 1 aromatic rings. The lowest BCUT2D eigenvalue weighted by Crippen LogP contribution is -2.14. The Labute approximate surface area is 109 Å². The van der Waals surface area contributed by atoms with Crippen molar-refractivity contribution in [2.45, 2.75) is 57.0 Å². The summed E-state index contributed by atoms with van der Waals surface area (Å²) in [5.74, 6) is 1.61. The van der Waals surface area contributed by atoms with Gasteiger partial charge in [0.25, 0.3) is 0 Å². The van der Waals surface area contributed by atoms with E-state index < -0.39 is 0 Å². The highest BCUT2D eigenvalue weighted by atomic mass is 16.5. The van der Waals surface area contributed by atoms with E-state index >= 15 is 0 Å². The molecule has 2 nitrogen and oxygen atoms in total. The third-order valence-electron chi connectivity index (χ3n) is 4.30. The molecular weight excluding hydrogens is 224 g/mol. The molecule has 1 aliphatic carbocycles. The Balaban J connectivity index is 1.90. The summed E-state index contributed by atoms with van der Waals surface area (Å²) >= 11 is 0. The van der Waals surface area contributed by atoms with E-state index in [9.17, 15) is 5.11 Å². The van der Waals surface area contributed by atoms with Gasteiger partial charge in [0.05, 0.1) is 12.7 Å². The second-order valence-electron chi connectivity index (χ2n) is 5.66. The Morgan fingerprint density at radius 3 is 2.94 bits per heavy atom. The molecule has 2 unspecified atom stereocenters. The van der Waals surface area contributed by atoms with E-state index in [1.54, 1.807) is 0 Å². The minimum Gasteiger partial charge on any atom is -0.493 e. The maximum atomic E-state index is 9.98. The zero-order valence-electron chi connectivity index (χ0n) is 10.9. The number of aliphatic hydroxyl groups is 1. The molecule has 98 valence electrons. The fourth-order valence-corrected chi connectivity index (χ4v) is 3.35. The second kappa shape index (κ2) is 5.31. The maximum absolute atomic E-state index is 9.98. The molecule has 1 aromatic carbocycles. The zero-order valence-corrected chi connectivity index (χ0v) is 10.9. The molecule has 1 aliphatic heterocycles. The average Bonchev–Trinajstić information content (AvgIpc) is 2.63. The van der Waals surface area contributed by atoms with Gasteiger partial charge in [-0.1, -0.05) is 31.0 Å². The monoisotopic (exact) mass is 246 g/mol. The van der Waals surface area contributed by atoms with Gasteiger partial charge in [-0.15, -0.1) is 0 Å². The third-order valence-corrected chi connectivity index (χ3v) is 4.30. The predicted molar refractivity (Wildman–Crippen MR) is 72.1 cm³/mol. The normalized spacial score (nSPS) is 28.1. The molecule has 1 saturated carbocycles. The van der Waals surface area contributed by atoms with Crippen LogP contribution in [0.15, 0.2) is 18.2 Å². The molecule has 0 saturated heterocycles. The van der Waals surface area contributed by atoms with Crippen molar-refractivity contribution >= 4 is 0 Å². The SMILES string of the molecule is OC1CCCCC(c2cccc3c2OCCC3)C1. The lowest BCUT2D eigenvalue weighted by molar-refractivity contribution is 0.151. The molecule has 18 heavy (non-hydrogen) atoms. The van der Waals surface area contributed by atoms with Gasteiger partial charge in [-0.3, -0.25) is 0 Å². The smallest absolute Gasteiger partial charge is 0.125 e. The van der Waals surface area contributed by atoms with E-state index in [0.29, 0.717) is 5.92 Å². The molecule has 1 N–H and O–H groups in total. The van der Waals surface area contributed by atoms with Gasteiger partial charge in [0.15, 0.2) is 0 Å². The molecule has 0 bridgehead atoms. The van der Waals surface area contributed by atoms with Crippen molar-refractivity contribution in [1.29, 1.82) is 0 Å². The Bertz CT molecular complexity index is 414. The number of para-hydroxylation sites is 1. The summed E-state index contributed by atoms with van der Waals surface area (Å²) in [5, 5.41) is 9.98. The summed E-state index contributed by atoms with van der Waals surface area (Å²) in [6.07, 6.45) is 7.58. The second-order valence-corrected chi connectivity index (χ2v) is 5.66. The van der Waals surface area contributed by atoms with E-state index in [2.05, 4.69) is 18.2 Å². The molecule has 3 rings (SSSR count). The number of rotatable bonds is 1. The van der Waals surface area contributed by atoms with Crippen LogP contribution in [-0.2, 0) is 6.42 Å². The summed E-state index contributed by atoms with van der Waals surface area (Å²) < 4.78 is 5.90. The molecular formula is C16H22O2. The number of ether oxygens (including phenoxy) is 1. The quantitative estimate of drug-likeness (QED) is 0.769. The van der Waals surface area contributed by atoms with Crippen molar-refractivity contribution in [3.63, 3.8) is 0 Å². The fourth-order valence-electron chi connectivity index (χ4n) is 3.35. The Kier molecular flexibility index (Phi) is 3.55. The van der Waals surface area contributed by atoms with Crippen molar-refractivity contribution in [1.82, 2.24) is 0 Å². The molecule has 0 spiro atoms. The standard InChI is InChI=1S/C16H22O2/c17-14-8-2-1-5-13(11-14)15-9-3-6-12-7-4-10-18-16(12)15/h3,6,9,13-14,17H,1-2,4-5,7-8,10-11H2. The molecule has 1 heterocycles. The van der Waals surface area contributed by atoms with Crippen molar-refractivity contribution in [2.75, 3.05) is 6.61 Å². The highest BCUT2D eigenvalue weighted by molar-refractivity contribution is 5.44. The molecule has 2 atom stereocenters. The maximum Gasteiger partial charge on any atom is 0.125 e. The van der Waals surface area contributed by atoms with Gasteiger partial charge >= 0.3 is 0 Å². The average molecular weight is 246 g/mol. The summed E-state index contributed by atoms with van der Waals surface area (Å²) in [7, 11) is 0. The molecule has 0 aromatic heterocycles. The Hall–Kier alpha value is -1.02. The van der Waals surface area contributed by atoms with E-state index in [0.717, 1.165) is 44.5 Å². The minimum atomic E-state index is -0.128. The van der Waals surface area contributed by atoms with E-state index in [1.165, 1.54) is 24.0 Å². The zero-order chi connectivity index (χ0) is 12.4. The van der Waals surface area contributed by atoms with Crippen LogP contribution >= 0.6 is 0 Å². The molecule has 1 fully saturated rings. The van der Waals surface area contributed by atoms with Crippen LogP contribution in [0.1, 0.15) is 55.6 Å². The van der Waals surface area contributed by atoms with Crippen molar-refractivity contribution < 1.29 is 9.84 Å². The van der Waals surface area contributed by atoms with E-state index in [4.69, 9.17) is 4.74 Å². The van der Waals surface area contributed by atoms with Crippen LogP contribution in [0.25, 0.3) is 0 Å². The number of fused-ring (bicyclic) bond motifs is 1. The van der Waals surface area contributed by atoms with Crippen LogP contribution in [0.5, 0.6) is 5.75 Å². The predicted octanol–water partition coefficient (Wildman–Crippen LogP) is 3.42. The van der Waals surface area contributed by atoms with Crippen molar-refractivity contribution in [3.8, 4) is 5.75 Å². The van der Waals surface area contributed by atoms with Crippen LogP contribution in [-0.4, -0.2) is 17.8 Å². The molecule has 2 aliphatic rings. The first-order valence-corrected chi connectivity index (χ1v) is 7.27. The number of benzene rings is 1. The first-order chi connectivity index (χ1) is 8.84. The highest BCUT2D eigenvalue weighted by Gasteiger charge is 2.24. The Morgan fingerprint density at radius 2 is 2.00 bits per heavy atom. The Morgan fingerprint density at radius 1 is 1.11 bits per heavy atom. The lowest BCUT2D eigenvalue weighted by Gasteiger charge is -2.25. The van der Waals surface area contributed by atoms with Gasteiger partial charge in [-0.25, -0.2) is 0 Å². The van der Waals surface area contributed by atoms with Gasteiger partial charge in [-0.2, -0.15) is 0 Å². The number of hydrogen-bond donors (Lipinski definition) is 1. The number of aryl methyl sites for hydroxylation is 1. The summed E-state index contributed by atoms with van der Waals surface area (Å²) in [5.41, 5.74) is 2.70. The summed E-state index contributed by atoms with van der Waals surface area (Å²) in [6.45, 7) is 0.847. The third kappa shape index (κ3) is 2.39. The molecule has 0 amide bonds. The fraction of sp³-hybridized carbons (Fsp3) is 0.625. The van der Waals surface area contributed by atoms with E-state index in [1.807, 2.05) is 0 Å². The van der Waals surface area contributed by atoms with Gasteiger partial charge in [0.2, 0.25) is 0 Å². The number of hydrogen-bond acceptors (Lipinski definition) is 2. The minimum absolute atomic E-state index is 0.128. The highest BCUT2D eigenvalue weighted by Crippen LogP contribution is 2.39. The lowest BCUT2D eigenvalue weighted by atomic mass is 9.88. The van der Waals surface area contributed by atoms with Gasteiger partial charge in [0.1, 0.15) is 5.75 Å². The largest absolute Gasteiger partial charge is 0.493 e. The molecule has 2 heteroatoms. The molecule has 0 radical (unpaired) electrons.